The van der Waals surface area contributed by atoms with Crippen molar-refractivity contribution >= 4 is 34.3 Å². The summed E-state index contributed by atoms with van der Waals surface area (Å²) in [6.07, 6.45) is 2.68. The minimum absolute atomic E-state index is 0.0637. The van der Waals surface area contributed by atoms with E-state index in [0.29, 0.717) is 17.3 Å². The first-order chi connectivity index (χ1) is 15.2. The summed E-state index contributed by atoms with van der Waals surface area (Å²) in [6, 6.07) is 15.8. The molecule has 31 heavy (non-hydrogen) atoms. The second-order valence-corrected chi connectivity index (χ2v) is 8.26. The highest BCUT2D eigenvalue weighted by Crippen LogP contribution is 2.33. The number of anilines is 1. The Kier molecular flexibility index (Phi) is 5.07. The van der Waals surface area contributed by atoms with E-state index in [4.69, 9.17) is 4.74 Å². The Morgan fingerprint density at radius 1 is 1.10 bits per heavy atom. The van der Waals surface area contributed by atoms with Crippen LogP contribution in [0, 0.1) is 6.92 Å². The summed E-state index contributed by atoms with van der Waals surface area (Å²) in [5, 5.41) is 14.8. The normalized spacial score (nSPS) is 12.9. The third-order valence-electron chi connectivity index (χ3n) is 5.49. The molecule has 7 nitrogen and oxygen atoms in total. The average molecular weight is 432 g/mol. The monoisotopic (exact) mass is 431 g/mol. The molecule has 4 aromatic rings. The van der Waals surface area contributed by atoms with Gasteiger partial charge in [-0.1, -0.05) is 42.1 Å². The van der Waals surface area contributed by atoms with Crippen molar-refractivity contribution in [3.8, 4) is 11.4 Å². The minimum Gasteiger partial charge on any atom is -0.494 e. The number of carbonyl (C=O) groups is 1. The molecule has 8 heteroatoms. The molecular formula is C23H21N5O2S. The van der Waals surface area contributed by atoms with Gasteiger partial charge in [-0.25, -0.2) is 4.68 Å². The Morgan fingerprint density at radius 3 is 2.71 bits per heavy atom. The van der Waals surface area contributed by atoms with E-state index in [9.17, 15) is 4.79 Å². The van der Waals surface area contributed by atoms with Crippen molar-refractivity contribution in [2.24, 2.45) is 0 Å². The van der Waals surface area contributed by atoms with Crippen molar-refractivity contribution in [2.45, 2.75) is 18.4 Å². The Bertz CT molecular complexity index is 1290. The Hall–Kier alpha value is -3.39. The topological polar surface area (TPSA) is 73.1 Å². The van der Waals surface area contributed by atoms with Crippen LogP contribution in [0.1, 0.15) is 11.3 Å². The molecule has 0 unspecified atom stereocenters. The molecule has 0 atom stereocenters. The fourth-order valence-corrected chi connectivity index (χ4v) is 4.78. The first kappa shape index (κ1) is 19.6. The Balaban J connectivity index is 1.48. The van der Waals surface area contributed by atoms with Crippen LogP contribution in [0.25, 0.3) is 16.6 Å². The van der Waals surface area contributed by atoms with Crippen LogP contribution in [-0.4, -0.2) is 45.3 Å². The highest BCUT2D eigenvalue weighted by atomic mass is 32.2. The van der Waals surface area contributed by atoms with Gasteiger partial charge in [0.2, 0.25) is 5.91 Å². The van der Waals surface area contributed by atoms with Gasteiger partial charge in [0.15, 0.2) is 0 Å². The van der Waals surface area contributed by atoms with Crippen LogP contribution >= 0.6 is 11.8 Å². The summed E-state index contributed by atoms with van der Waals surface area (Å²) in [4.78, 5) is 14.9. The maximum absolute atomic E-state index is 13.0. The van der Waals surface area contributed by atoms with E-state index in [1.165, 1.54) is 17.3 Å². The molecule has 3 heterocycles. The molecule has 0 aliphatic carbocycles. The van der Waals surface area contributed by atoms with Crippen molar-refractivity contribution in [3.05, 3.63) is 66.0 Å². The van der Waals surface area contributed by atoms with E-state index in [1.807, 2.05) is 59.0 Å². The minimum atomic E-state index is 0.0637. The molecule has 1 aliphatic heterocycles. The molecule has 0 N–H and O–H groups in total. The Morgan fingerprint density at radius 2 is 1.87 bits per heavy atom. The van der Waals surface area contributed by atoms with Crippen LogP contribution in [0.3, 0.4) is 0 Å². The zero-order valence-corrected chi connectivity index (χ0v) is 18.1. The number of hydrogen-bond donors (Lipinski definition) is 0. The van der Waals surface area contributed by atoms with Crippen molar-refractivity contribution in [2.75, 3.05) is 24.3 Å². The fraction of sp³-hybridized carbons (Fsp3) is 0.217. The van der Waals surface area contributed by atoms with Gasteiger partial charge in [-0.05, 0) is 37.1 Å². The molecule has 0 fully saturated rings. The lowest BCUT2D eigenvalue weighted by atomic mass is 10.2. The molecule has 1 amide bonds. The molecule has 2 aromatic carbocycles. The van der Waals surface area contributed by atoms with Crippen molar-refractivity contribution in [3.63, 3.8) is 0 Å². The Labute approximate surface area is 184 Å². The summed E-state index contributed by atoms with van der Waals surface area (Å²) in [5.74, 6) is 1.05. The van der Waals surface area contributed by atoms with E-state index in [-0.39, 0.29) is 11.7 Å². The molecule has 1 aliphatic rings. The van der Waals surface area contributed by atoms with Gasteiger partial charge in [0, 0.05) is 17.6 Å². The van der Waals surface area contributed by atoms with Crippen LogP contribution in [0.15, 0.2) is 59.8 Å². The SMILES string of the molecule is COc1ccccc1-n1ncc2c(C)nnc(SCC(=O)N3CCc4ccccc43)c21. The number of benzene rings is 2. The maximum Gasteiger partial charge on any atom is 0.237 e. The number of fused-ring (bicyclic) bond motifs is 2. The van der Waals surface area contributed by atoms with Crippen molar-refractivity contribution in [1.29, 1.82) is 0 Å². The largest absolute Gasteiger partial charge is 0.494 e. The molecule has 0 saturated heterocycles. The number of amides is 1. The third kappa shape index (κ3) is 3.42. The molecular weight excluding hydrogens is 410 g/mol. The molecule has 0 bridgehead atoms. The number of ether oxygens (including phenoxy) is 1. The second kappa shape index (κ2) is 8.03. The predicted octanol–water partition coefficient (Wildman–Crippen LogP) is 3.81. The highest BCUT2D eigenvalue weighted by molar-refractivity contribution is 8.00. The third-order valence-corrected chi connectivity index (χ3v) is 6.43. The zero-order chi connectivity index (χ0) is 21.4. The van der Waals surface area contributed by atoms with Gasteiger partial charge in [-0.3, -0.25) is 4.79 Å². The van der Waals surface area contributed by atoms with Crippen LogP contribution in [0.2, 0.25) is 0 Å². The zero-order valence-electron chi connectivity index (χ0n) is 17.3. The van der Waals surface area contributed by atoms with Crippen molar-refractivity contribution in [1.82, 2.24) is 20.0 Å². The molecule has 156 valence electrons. The van der Waals surface area contributed by atoms with E-state index in [1.54, 1.807) is 13.3 Å². The highest BCUT2D eigenvalue weighted by Gasteiger charge is 2.25. The quantitative estimate of drug-likeness (QED) is 0.448. The molecule has 2 aromatic heterocycles. The summed E-state index contributed by atoms with van der Waals surface area (Å²) in [7, 11) is 1.64. The number of nitrogens with zero attached hydrogens (tertiary/aromatic N) is 5. The molecule has 5 rings (SSSR count). The number of rotatable bonds is 5. The van der Waals surface area contributed by atoms with Crippen LogP contribution in [0.4, 0.5) is 5.69 Å². The number of carbonyl (C=O) groups excluding carboxylic acids is 1. The van der Waals surface area contributed by atoms with E-state index in [0.717, 1.165) is 34.4 Å². The number of methoxy groups -OCH3 is 1. The first-order valence-corrected chi connectivity index (χ1v) is 11.0. The smallest absolute Gasteiger partial charge is 0.237 e. The first-order valence-electron chi connectivity index (χ1n) is 10.0. The van der Waals surface area contributed by atoms with E-state index < -0.39 is 0 Å². The van der Waals surface area contributed by atoms with Gasteiger partial charge in [-0.2, -0.15) is 10.2 Å². The number of hydrogen-bond acceptors (Lipinski definition) is 6. The van der Waals surface area contributed by atoms with Gasteiger partial charge in [0.25, 0.3) is 0 Å². The van der Waals surface area contributed by atoms with Crippen molar-refractivity contribution < 1.29 is 9.53 Å². The van der Waals surface area contributed by atoms with Gasteiger partial charge in [-0.15, -0.1) is 5.10 Å². The van der Waals surface area contributed by atoms with Gasteiger partial charge >= 0.3 is 0 Å². The summed E-state index contributed by atoms with van der Waals surface area (Å²) in [5.41, 5.74) is 4.66. The summed E-state index contributed by atoms with van der Waals surface area (Å²) < 4.78 is 7.34. The number of aromatic nitrogens is 4. The lowest BCUT2D eigenvalue weighted by Gasteiger charge is -2.17. The molecule has 0 saturated carbocycles. The van der Waals surface area contributed by atoms with Crippen LogP contribution in [0.5, 0.6) is 5.75 Å². The maximum atomic E-state index is 13.0. The lowest BCUT2D eigenvalue weighted by Crippen LogP contribution is -2.30. The second-order valence-electron chi connectivity index (χ2n) is 7.29. The van der Waals surface area contributed by atoms with Crippen LogP contribution in [-0.2, 0) is 11.2 Å². The predicted molar refractivity (Wildman–Crippen MR) is 121 cm³/mol. The standard InChI is InChI=1S/C23H21N5O2S/c1-15-17-13-24-28(19-9-5-6-10-20(19)30-2)22(17)23(26-25-15)31-14-21(29)27-12-11-16-7-3-4-8-18(16)27/h3-10,13H,11-12,14H2,1-2H3. The van der Waals surface area contributed by atoms with E-state index in [2.05, 4.69) is 21.4 Å². The van der Waals surface area contributed by atoms with Crippen LogP contribution < -0.4 is 9.64 Å². The van der Waals surface area contributed by atoms with Gasteiger partial charge in [0.1, 0.15) is 22.0 Å². The molecule has 0 spiro atoms. The van der Waals surface area contributed by atoms with E-state index >= 15 is 0 Å². The number of para-hydroxylation sites is 3. The number of thioether (sulfide) groups is 1. The summed E-state index contributed by atoms with van der Waals surface area (Å²) in [6.45, 7) is 2.62. The average Bonchev–Trinajstić information content (AvgIpc) is 3.44. The summed E-state index contributed by atoms with van der Waals surface area (Å²) >= 11 is 1.39. The van der Waals surface area contributed by atoms with Gasteiger partial charge in [0.05, 0.1) is 24.8 Å². The lowest BCUT2D eigenvalue weighted by molar-refractivity contribution is -0.116. The molecule has 0 radical (unpaired) electrons. The fourth-order valence-electron chi connectivity index (χ4n) is 3.93. The van der Waals surface area contributed by atoms with Gasteiger partial charge < -0.3 is 9.64 Å². The number of aryl methyl sites for hydroxylation is 1.